The zero-order valence-corrected chi connectivity index (χ0v) is 16.9. The van der Waals surface area contributed by atoms with E-state index < -0.39 is 0 Å². The molecule has 5 nitrogen and oxygen atoms in total. The fraction of sp³-hybridized carbons (Fsp3) is 0.417. The molecule has 1 saturated heterocycles. The summed E-state index contributed by atoms with van der Waals surface area (Å²) in [7, 11) is 0. The Hall–Kier alpha value is -2.66. The van der Waals surface area contributed by atoms with Crippen LogP contribution in [0.5, 0.6) is 0 Å². The lowest BCUT2D eigenvalue weighted by molar-refractivity contribution is 0.0878. The summed E-state index contributed by atoms with van der Waals surface area (Å²) in [5.74, 6) is 0.181. The Bertz CT molecular complexity index is 858. The topological polar surface area (TPSA) is 52.7 Å². The van der Waals surface area contributed by atoms with Gasteiger partial charge in [0.2, 0.25) is 0 Å². The molecule has 1 aliphatic heterocycles. The van der Waals surface area contributed by atoms with Gasteiger partial charge in [0.15, 0.2) is 5.78 Å². The van der Waals surface area contributed by atoms with Gasteiger partial charge in [-0.1, -0.05) is 42.5 Å². The highest BCUT2D eigenvalue weighted by molar-refractivity contribution is 5.97. The van der Waals surface area contributed by atoms with Gasteiger partial charge in [-0.2, -0.15) is 0 Å². The number of carbonyl (C=O) groups is 2. The van der Waals surface area contributed by atoms with Gasteiger partial charge in [0.25, 0.3) is 0 Å². The van der Waals surface area contributed by atoms with Gasteiger partial charge in [-0.15, -0.1) is 0 Å². The van der Waals surface area contributed by atoms with E-state index in [9.17, 15) is 9.59 Å². The minimum absolute atomic E-state index is 0.0329. The molecule has 1 fully saturated rings. The van der Waals surface area contributed by atoms with Crippen LogP contribution in [0.2, 0.25) is 0 Å². The van der Waals surface area contributed by atoms with Crippen LogP contribution >= 0.6 is 0 Å². The van der Waals surface area contributed by atoms with E-state index in [0.29, 0.717) is 26.2 Å². The van der Waals surface area contributed by atoms with Gasteiger partial charge < -0.3 is 10.2 Å². The van der Waals surface area contributed by atoms with Crippen LogP contribution in [0.3, 0.4) is 0 Å². The maximum Gasteiger partial charge on any atom is 0.317 e. The normalized spacial score (nSPS) is 16.9. The van der Waals surface area contributed by atoms with E-state index in [0.717, 1.165) is 37.1 Å². The van der Waals surface area contributed by atoms with E-state index in [1.807, 2.05) is 41.3 Å². The summed E-state index contributed by atoms with van der Waals surface area (Å²) in [6.07, 6.45) is 4.70. The van der Waals surface area contributed by atoms with Crippen LogP contribution < -0.4 is 5.32 Å². The number of nitrogens with zero attached hydrogens (tertiary/aromatic N) is 2. The molecule has 0 saturated carbocycles. The van der Waals surface area contributed by atoms with Crippen LogP contribution in [0.4, 0.5) is 4.79 Å². The second kappa shape index (κ2) is 9.23. The van der Waals surface area contributed by atoms with E-state index in [4.69, 9.17) is 0 Å². The fourth-order valence-corrected chi connectivity index (χ4v) is 4.20. The molecule has 4 rings (SSSR count). The van der Waals surface area contributed by atoms with Crippen molar-refractivity contribution in [3.8, 4) is 0 Å². The number of fused-ring (bicyclic) bond motifs is 1. The number of aryl methyl sites for hydroxylation is 2. The van der Waals surface area contributed by atoms with Crippen molar-refractivity contribution in [1.29, 1.82) is 0 Å². The zero-order chi connectivity index (χ0) is 20.1. The van der Waals surface area contributed by atoms with Gasteiger partial charge in [-0.05, 0) is 48.4 Å². The molecule has 0 radical (unpaired) electrons. The Labute approximate surface area is 172 Å². The standard InChI is InChI=1S/C24H29N3O2/c28-23(22-11-10-20-8-4-5-9-21(20)16-22)18-26-12-14-27(15-13-26)24(29)25-17-19-6-2-1-3-7-19/h1-3,6-7,10-11,16H,4-5,8-9,12-15,17-18H2,(H,25,29). The Balaban J connectivity index is 1.24. The number of hydrogen-bond acceptors (Lipinski definition) is 3. The van der Waals surface area contributed by atoms with Crippen LogP contribution in [-0.4, -0.2) is 54.3 Å². The molecule has 2 aromatic carbocycles. The Morgan fingerprint density at radius 2 is 1.59 bits per heavy atom. The molecule has 5 heteroatoms. The molecule has 152 valence electrons. The molecule has 2 amide bonds. The molecule has 2 aromatic rings. The van der Waals surface area contributed by atoms with Crippen LogP contribution in [0.15, 0.2) is 48.5 Å². The number of urea groups is 1. The summed E-state index contributed by atoms with van der Waals surface area (Å²) < 4.78 is 0. The van der Waals surface area contributed by atoms with E-state index in [1.54, 1.807) is 0 Å². The minimum atomic E-state index is -0.0329. The Kier molecular flexibility index (Phi) is 6.25. The van der Waals surface area contributed by atoms with Crippen LogP contribution in [0, 0.1) is 0 Å². The zero-order valence-electron chi connectivity index (χ0n) is 16.9. The average molecular weight is 392 g/mol. The maximum atomic E-state index is 12.7. The van der Waals surface area contributed by atoms with Crippen molar-refractivity contribution in [2.45, 2.75) is 32.2 Å². The molecule has 1 heterocycles. The summed E-state index contributed by atoms with van der Waals surface area (Å²) in [6, 6.07) is 16.1. The van der Waals surface area contributed by atoms with Gasteiger partial charge in [-0.3, -0.25) is 9.69 Å². The molecular formula is C24H29N3O2. The SMILES string of the molecule is O=C(CN1CCN(C(=O)NCc2ccccc2)CC1)c1ccc2c(c1)CCCC2. The predicted molar refractivity (Wildman–Crippen MR) is 114 cm³/mol. The number of rotatable bonds is 5. The highest BCUT2D eigenvalue weighted by Gasteiger charge is 2.23. The second-order valence-electron chi connectivity index (χ2n) is 8.02. The van der Waals surface area contributed by atoms with Crippen LogP contribution in [0.25, 0.3) is 0 Å². The van der Waals surface area contributed by atoms with Gasteiger partial charge in [0, 0.05) is 38.3 Å². The Morgan fingerprint density at radius 3 is 2.34 bits per heavy atom. The van der Waals surface area contributed by atoms with Crippen molar-refractivity contribution in [2.24, 2.45) is 0 Å². The minimum Gasteiger partial charge on any atom is -0.334 e. The number of carbonyl (C=O) groups excluding carboxylic acids is 2. The first-order valence-corrected chi connectivity index (χ1v) is 10.6. The number of nitrogens with one attached hydrogen (secondary N) is 1. The number of Topliss-reactive ketones (excluding diaryl/α,β-unsaturated/α-hetero) is 1. The molecular weight excluding hydrogens is 362 g/mol. The largest absolute Gasteiger partial charge is 0.334 e. The second-order valence-corrected chi connectivity index (χ2v) is 8.02. The highest BCUT2D eigenvalue weighted by atomic mass is 16.2. The maximum absolute atomic E-state index is 12.7. The first-order chi connectivity index (χ1) is 14.2. The van der Waals surface area contributed by atoms with Crippen molar-refractivity contribution < 1.29 is 9.59 Å². The van der Waals surface area contributed by atoms with E-state index in [-0.39, 0.29) is 11.8 Å². The van der Waals surface area contributed by atoms with Crippen molar-refractivity contribution in [1.82, 2.24) is 15.1 Å². The number of piperazine rings is 1. The van der Waals surface area contributed by atoms with Gasteiger partial charge in [0.05, 0.1) is 6.54 Å². The van der Waals surface area contributed by atoms with Crippen LogP contribution in [-0.2, 0) is 19.4 Å². The molecule has 1 N–H and O–H groups in total. The number of ketones is 1. The van der Waals surface area contributed by atoms with Gasteiger partial charge >= 0.3 is 6.03 Å². The summed E-state index contributed by atoms with van der Waals surface area (Å²) >= 11 is 0. The predicted octanol–water partition coefficient (Wildman–Crippen LogP) is 3.28. The smallest absolute Gasteiger partial charge is 0.317 e. The lowest BCUT2D eigenvalue weighted by Crippen LogP contribution is -2.52. The van der Waals surface area contributed by atoms with Crippen molar-refractivity contribution >= 4 is 11.8 Å². The quantitative estimate of drug-likeness (QED) is 0.796. The average Bonchev–Trinajstić information content (AvgIpc) is 2.78. The summed E-state index contributed by atoms with van der Waals surface area (Å²) in [5, 5.41) is 2.98. The molecule has 2 aliphatic rings. The van der Waals surface area contributed by atoms with Crippen molar-refractivity contribution in [3.63, 3.8) is 0 Å². The molecule has 0 bridgehead atoms. The molecule has 0 spiro atoms. The molecule has 29 heavy (non-hydrogen) atoms. The van der Waals surface area contributed by atoms with Gasteiger partial charge in [0.1, 0.15) is 0 Å². The third-order valence-electron chi connectivity index (χ3n) is 5.98. The lowest BCUT2D eigenvalue weighted by atomic mass is 9.90. The summed E-state index contributed by atoms with van der Waals surface area (Å²) in [5.41, 5.74) is 4.67. The Morgan fingerprint density at radius 1 is 0.862 bits per heavy atom. The molecule has 1 aliphatic carbocycles. The number of benzene rings is 2. The van der Waals surface area contributed by atoms with Crippen molar-refractivity contribution in [2.75, 3.05) is 32.7 Å². The fourth-order valence-electron chi connectivity index (χ4n) is 4.20. The first-order valence-electron chi connectivity index (χ1n) is 10.6. The van der Waals surface area contributed by atoms with Crippen LogP contribution in [0.1, 0.15) is 39.9 Å². The summed E-state index contributed by atoms with van der Waals surface area (Å²) in [4.78, 5) is 29.1. The van der Waals surface area contributed by atoms with E-state index >= 15 is 0 Å². The third-order valence-corrected chi connectivity index (χ3v) is 5.98. The molecule has 0 atom stereocenters. The van der Waals surface area contributed by atoms with Gasteiger partial charge in [-0.25, -0.2) is 4.79 Å². The van der Waals surface area contributed by atoms with Crippen molar-refractivity contribution in [3.05, 3.63) is 70.8 Å². The molecule has 0 unspecified atom stereocenters. The van der Waals surface area contributed by atoms with E-state index in [2.05, 4.69) is 22.3 Å². The molecule has 0 aromatic heterocycles. The monoisotopic (exact) mass is 391 g/mol. The third kappa shape index (κ3) is 5.04. The van der Waals surface area contributed by atoms with E-state index in [1.165, 1.54) is 24.0 Å². The number of hydrogen-bond donors (Lipinski definition) is 1. The highest BCUT2D eigenvalue weighted by Crippen LogP contribution is 2.22. The lowest BCUT2D eigenvalue weighted by Gasteiger charge is -2.34. The first kappa shape index (κ1) is 19.6. The number of amides is 2. The summed E-state index contributed by atoms with van der Waals surface area (Å²) in [6.45, 7) is 3.73.